The highest BCUT2D eigenvalue weighted by Crippen LogP contribution is 2.26. The average molecular weight is 297 g/mol. The number of nitrogens with zero attached hydrogens (tertiary/aromatic N) is 1. The maximum Gasteiger partial charge on any atom is 0.516 e. The molecule has 0 spiro atoms. The van der Waals surface area contributed by atoms with E-state index in [1.54, 1.807) is 30.3 Å². The summed E-state index contributed by atoms with van der Waals surface area (Å²) in [4.78, 5) is 11.2. The molecule has 0 bridgehead atoms. The molecule has 1 amide bonds. The van der Waals surface area contributed by atoms with Gasteiger partial charge in [0.25, 0.3) is 0 Å². The van der Waals surface area contributed by atoms with Crippen LogP contribution in [-0.4, -0.2) is 31.4 Å². The molecule has 1 rings (SSSR count). The summed E-state index contributed by atoms with van der Waals surface area (Å²) >= 11 is 0. The van der Waals surface area contributed by atoms with Gasteiger partial charge < -0.3 is 4.74 Å². The summed E-state index contributed by atoms with van der Waals surface area (Å²) in [6, 6.07) is 8.13. The number of carbonyl (C=O) groups excluding carboxylic acids is 1. The van der Waals surface area contributed by atoms with Crippen molar-refractivity contribution in [1.82, 2.24) is 4.31 Å². The lowest BCUT2D eigenvalue weighted by molar-refractivity contribution is -0.0482. The van der Waals surface area contributed by atoms with Crippen molar-refractivity contribution in [1.29, 1.82) is 0 Å². The van der Waals surface area contributed by atoms with E-state index in [9.17, 15) is 26.4 Å². The minimum Gasteiger partial charge on any atom is -0.444 e. The molecule has 5 nitrogen and oxygen atoms in total. The van der Waals surface area contributed by atoms with Gasteiger partial charge in [0.15, 0.2) is 0 Å². The Kier molecular flexibility index (Phi) is 4.40. The Morgan fingerprint density at radius 1 is 1.26 bits per heavy atom. The normalized spacial score (nSPS) is 12.0. The van der Waals surface area contributed by atoms with Crippen LogP contribution in [0.25, 0.3) is 0 Å². The van der Waals surface area contributed by atoms with Gasteiger partial charge in [0.1, 0.15) is 6.61 Å². The second kappa shape index (κ2) is 5.47. The number of sulfonamides is 1. The molecular formula is C10H10F3NO4S. The molecular weight excluding hydrogens is 287 g/mol. The third-order valence-electron chi connectivity index (χ3n) is 2.12. The number of hydrogen-bond donors (Lipinski definition) is 0. The topological polar surface area (TPSA) is 63.7 Å². The van der Waals surface area contributed by atoms with Crippen LogP contribution in [0.1, 0.15) is 5.56 Å². The highest BCUT2D eigenvalue weighted by atomic mass is 32.2. The Balaban J connectivity index is 2.69. The van der Waals surface area contributed by atoms with Crippen LogP contribution in [0.3, 0.4) is 0 Å². The van der Waals surface area contributed by atoms with Gasteiger partial charge in [-0.3, -0.25) is 0 Å². The van der Waals surface area contributed by atoms with Gasteiger partial charge in [-0.05, 0) is 5.56 Å². The molecule has 9 heteroatoms. The molecule has 0 aliphatic heterocycles. The third-order valence-corrected chi connectivity index (χ3v) is 3.57. The number of ether oxygens (including phenoxy) is 1. The number of halogens is 3. The molecule has 0 fully saturated rings. The molecule has 0 aromatic heterocycles. The van der Waals surface area contributed by atoms with Crippen molar-refractivity contribution < 1.29 is 31.1 Å². The van der Waals surface area contributed by atoms with Crippen LogP contribution in [0.2, 0.25) is 0 Å². The Bertz CT molecular complexity index is 542. The van der Waals surface area contributed by atoms with E-state index in [4.69, 9.17) is 0 Å². The van der Waals surface area contributed by atoms with Crippen LogP contribution < -0.4 is 0 Å². The first-order chi connectivity index (χ1) is 8.66. The first-order valence-corrected chi connectivity index (χ1v) is 6.36. The molecule has 0 aliphatic rings. The monoisotopic (exact) mass is 297 g/mol. The number of benzene rings is 1. The van der Waals surface area contributed by atoms with E-state index in [0.717, 1.165) is 0 Å². The standard InChI is InChI=1S/C10H10F3NO4S/c1-14(19(16,17)10(11,12)13)9(15)18-7-8-5-3-2-4-6-8/h2-6H,7H2,1H3. The maximum absolute atomic E-state index is 12.2. The summed E-state index contributed by atoms with van der Waals surface area (Å²) in [5.41, 5.74) is -5.03. The van der Waals surface area contributed by atoms with Crippen LogP contribution in [0.5, 0.6) is 0 Å². The molecule has 0 heterocycles. The predicted molar refractivity (Wildman–Crippen MR) is 59.4 cm³/mol. The van der Waals surface area contributed by atoms with Crippen molar-refractivity contribution in [3.05, 3.63) is 35.9 Å². The Hall–Kier alpha value is -1.77. The minimum absolute atomic E-state index is 0.322. The molecule has 0 radical (unpaired) electrons. The second-order valence-corrected chi connectivity index (χ2v) is 5.42. The lowest BCUT2D eigenvalue weighted by Gasteiger charge is -2.18. The van der Waals surface area contributed by atoms with Crippen LogP contribution in [0.4, 0.5) is 18.0 Å². The van der Waals surface area contributed by atoms with E-state index in [-0.39, 0.29) is 6.61 Å². The van der Waals surface area contributed by atoms with Gasteiger partial charge in [-0.1, -0.05) is 30.3 Å². The van der Waals surface area contributed by atoms with E-state index in [2.05, 4.69) is 4.74 Å². The van der Waals surface area contributed by atoms with Crippen molar-refractivity contribution in [2.45, 2.75) is 12.1 Å². The van der Waals surface area contributed by atoms with E-state index >= 15 is 0 Å². The molecule has 0 unspecified atom stereocenters. The Morgan fingerprint density at radius 3 is 2.26 bits per heavy atom. The van der Waals surface area contributed by atoms with Gasteiger partial charge in [-0.25, -0.2) is 4.79 Å². The van der Waals surface area contributed by atoms with Gasteiger partial charge in [0.2, 0.25) is 0 Å². The fraction of sp³-hybridized carbons (Fsp3) is 0.300. The SMILES string of the molecule is CN(C(=O)OCc1ccccc1)S(=O)(=O)C(F)(F)F. The lowest BCUT2D eigenvalue weighted by atomic mass is 10.2. The summed E-state index contributed by atoms with van der Waals surface area (Å²) in [7, 11) is -5.24. The molecule has 0 saturated heterocycles. The highest BCUT2D eigenvalue weighted by molar-refractivity contribution is 7.90. The Morgan fingerprint density at radius 2 is 1.79 bits per heavy atom. The fourth-order valence-corrected chi connectivity index (χ4v) is 1.62. The number of hydrogen-bond acceptors (Lipinski definition) is 4. The molecule has 1 aromatic carbocycles. The van der Waals surface area contributed by atoms with Crippen LogP contribution in [0.15, 0.2) is 30.3 Å². The zero-order valence-corrected chi connectivity index (χ0v) is 10.5. The number of rotatable bonds is 3. The quantitative estimate of drug-likeness (QED) is 0.857. The summed E-state index contributed by atoms with van der Waals surface area (Å²) in [6.07, 6.45) is -1.60. The largest absolute Gasteiger partial charge is 0.516 e. The van der Waals surface area contributed by atoms with Crippen LogP contribution in [-0.2, 0) is 21.4 Å². The van der Waals surface area contributed by atoms with Gasteiger partial charge in [0, 0.05) is 7.05 Å². The molecule has 0 N–H and O–H groups in total. The maximum atomic E-state index is 12.2. The summed E-state index contributed by atoms with van der Waals surface area (Å²) in [5, 5.41) is 0. The van der Waals surface area contributed by atoms with Crippen molar-refractivity contribution in [3.63, 3.8) is 0 Å². The Labute approximate surface area is 107 Å². The van der Waals surface area contributed by atoms with E-state index in [1.807, 2.05) is 0 Å². The molecule has 106 valence electrons. The predicted octanol–water partition coefficient (Wildman–Crippen LogP) is 2.10. The van der Waals surface area contributed by atoms with Gasteiger partial charge in [-0.2, -0.15) is 25.9 Å². The lowest BCUT2D eigenvalue weighted by Crippen LogP contribution is -2.41. The summed E-state index contributed by atoms with van der Waals surface area (Å²) in [5.74, 6) is 0. The minimum atomic E-state index is -5.72. The zero-order chi connectivity index (χ0) is 14.7. The molecule has 1 aromatic rings. The number of alkyl halides is 3. The van der Waals surface area contributed by atoms with E-state index in [0.29, 0.717) is 12.6 Å². The highest BCUT2D eigenvalue weighted by Gasteiger charge is 2.51. The van der Waals surface area contributed by atoms with Crippen molar-refractivity contribution in [3.8, 4) is 0 Å². The van der Waals surface area contributed by atoms with Gasteiger partial charge >= 0.3 is 21.6 Å². The van der Waals surface area contributed by atoms with Crippen LogP contribution >= 0.6 is 0 Å². The zero-order valence-electron chi connectivity index (χ0n) is 9.72. The van der Waals surface area contributed by atoms with Gasteiger partial charge in [-0.15, -0.1) is 0 Å². The second-order valence-electron chi connectivity index (χ2n) is 3.46. The van der Waals surface area contributed by atoms with Crippen molar-refractivity contribution in [2.24, 2.45) is 0 Å². The first kappa shape index (κ1) is 15.3. The first-order valence-electron chi connectivity index (χ1n) is 4.92. The third kappa shape index (κ3) is 3.60. The van der Waals surface area contributed by atoms with Crippen molar-refractivity contribution in [2.75, 3.05) is 7.05 Å². The molecule has 0 aliphatic carbocycles. The van der Waals surface area contributed by atoms with Crippen molar-refractivity contribution >= 4 is 16.1 Å². The summed E-state index contributed by atoms with van der Waals surface area (Å²) < 4.78 is 62.3. The summed E-state index contributed by atoms with van der Waals surface area (Å²) in [6.45, 7) is -0.322. The smallest absolute Gasteiger partial charge is 0.444 e. The molecule has 19 heavy (non-hydrogen) atoms. The van der Waals surface area contributed by atoms with E-state index in [1.165, 1.54) is 0 Å². The van der Waals surface area contributed by atoms with E-state index < -0.39 is 25.9 Å². The van der Waals surface area contributed by atoms with Crippen LogP contribution in [0, 0.1) is 0 Å². The fourth-order valence-electron chi connectivity index (χ4n) is 1.06. The average Bonchev–Trinajstić information content (AvgIpc) is 2.34. The molecule has 0 saturated carbocycles. The number of carbonyl (C=O) groups is 1. The van der Waals surface area contributed by atoms with Gasteiger partial charge in [0.05, 0.1) is 0 Å². The molecule has 0 atom stereocenters. The number of amides is 1.